The maximum Gasteiger partial charge on any atom is 0.187 e. The van der Waals surface area contributed by atoms with Gasteiger partial charge in [0.2, 0.25) is 0 Å². The van der Waals surface area contributed by atoms with E-state index < -0.39 is 11.6 Å². The quantitative estimate of drug-likeness (QED) is 0.768. The van der Waals surface area contributed by atoms with E-state index in [0.717, 1.165) is 22.2 Å². The molecule has 0 saturated carbocycles. The van der Waals surface area contributed by atoms with E-state index in [2.05, 4.69) is 0 Å². The Hall–Kier alpha value is -2.00. The third-order valence-corrected chi connectivity index (χ3v) is 2.90. The predicted octanol–water partition coefficient (Wildman–Crippen LogP) is 2.80. The molecule has 0 aliphatic carbocycles. The molecule has 84 valence electrons. The van der Waals surface area contributed by atoms with Gasteiger partial charge in [0.05, 0.1) is 0 Å². The van der Waals surface area contributed by atoms with Crippen LogP contribution in [-0.4, -0.2) is 0 Å². The molecular formula is C14H10F2N+. The van der Waals surface area contributed by atoms with Crippen molar-refractivity contribution < 1.29 is 13.7 Å². The van der Waals surface area contributed by atoms with E-state index in [0.29, 0.717) is 5.69 Å². The molecule has 2 aromatic rings. The molecule has 0 saturated heterocycles. The fourth-order valence-electron chi connectivity index (χ4n) is 2.09. The van der Waals surface area contributed by atoms with E-state index in [1.807, 2.05) is 36.5 Å². The number of quaternary nitrogens is 1. The fourth-order valence-corrected chi connectivity index (χ4v) is 2.09. The van der Waals surface area contributed by atoms with E-state index in [1.165, 1.54) is 12.1 Å². The first-order valence-corrected chi connectivity index (χ1v) is 5.35. The summed E-state index contributed by atoms with van der Waals surface area (Å²) < 4.78 is 26.6. The zero-order valence-corrected chi connectivity index (χ0v) is 8.95. The Labute approximate surface area is 97.6 Å². The number of para-hydroxylation sites is 1. The van der Waals surface area contributed by atoms with Gasteiger partial charge in [0, 0.05) is 29.8 Å². The summed E-state index contributed by atoms with van der Waals surface area (Å²) in [6, 6.07) is 11.4. The first-order valence-electron chi connectivity index (χ1n) is 5.35. The van der Waals surface area contributed by atoms with Crippen LogP contribution in [0.4, 0.5) is 20.2 Å². The van der Waals surface area contributed by atoms with Crippen LogP contribution in [0.1, 0.15) is 5.56 Å². The second-order valence-electron chi connectivity index (χ2n) is 3.96. The Morgan fingerprint density at radius 2 is 1.71 bits per heavy atom. The number of nitrogens with one attached hydrogen (secondary N) is 1. The molecule has 1 heterocycles. The molecule has 2 aromatic carbocycles. The standard InChI is InChI=1S/C14H9F2N/c15-11-5-6-14(12(16)9-11)17-8-7-10-3-1-2-4-13(10)17/h1-9H/p+1. The molecule has 0 fully saturated rings. The topological polar surface area (TPSA) is 4.44 Å². The second kappa shape index (κ2) is 3.79. The maximum absolute atomic E-state index is 13.7. The summed E-state index contributed by atoms with van der Waals surface area (Å²) in [7, 11) is 0. The number of fused-ring (bicyclic) bond motifs is 1. The van der Waals surface area contributed by atoms with Crippen molar-refractivity contribution in [3.05, 3.63) is 65.9 Å². The molecule has 1 unspecified atom stereocenters. The smallest absolute Gasteiger partial charge is 0.187 e. The molecule has 3 rings (SSSR count). The zero-order valence-electron chi connectivity index (χ0n) is 8.95. The van der Waals surface area contributed by atoms with Gasteiger partial charge in [-0.05, 0) is 12.1 Å². The van der Waals surface area contributed by atoms with Crippen LogP contribution in [0.15, 0.2) is 48.7 Å². The van der Waals surface area contributed by atoms with Crippen molar-refractivity contribution in [2.45, 2.75) is 0 Å². The van der Waals surface area contributed by atoms with Gasteiger partial charge >= 0.3 is 0 Å². The molecule has 3 heteroatoms. The Balaban J connectivity index is 2.10. The van der Waals surface area contributed by atoms with Crippen molar-refractivity contribution in [1.82, 2.24) is 0 Å². The number of hydrogen-bond donors (Lipinski definition) is 1. The number of halogens is 2. The van der Waals surface area contributed by atoms with Gasteiger partial charge in [-0.15, -0.1) is 0 Å². The molecule has 0 aromatic heterocycles. The van der Waals surface area contributed by atoms with Crippen molar-refractivity contribution >= 4 is 17.5 Å². The van der Waals surface area contributed by atoms with Crippen LogP contribution < -0.4 is 4.90 Å². The van der Waals surface area contributed by atoms with Gasteiger partial charge in [-0.25, -0.2) is 13.7 Å². The molecule has 0 bridgehead atoms. The molecule has 0 radical (unpaired) electrons. The molecule has 1 nitrogen and oxygen atoms in total. The van der Waals surface area contributed by atoms with Gasteiger partial charge in [-0.3, -0.25) is 0 Å². The van der Waals surface area contributed by atoms with Gasteiger partial charge in [0.1, 0.15) is 17.7 Å². The summed E-state index contributed by atoms with van der Waals surface area (Å²) in [6.07, 6.45) is 3.80. The molecule has 1 aliphatic heterocycles. The second-order valence-corrected chi connectivity index (χ2v) is 3.96. The highest BCUT2D eigenvalue weighted by atomic mass is 19.1. The number of hydrogen-bond acceptors (Lipinski definition) is 0. The van der Waals surface area contributed by atoms with Crippen molar-refractivity contribution in [2.75, 3.05) is 0 Å². The van der Waals surface area contributed by atoms with E-state index in [4.69, 9.17) is 0 Å². The molecular weight excluding hydrogens is 220 g/mol. The lowest BCUT2D eigenvalue weighted by Gasteiger charge is -2.11. The Bertz CT molecular complexity index is 605. The van der Waals surface area contributed by atoms with Crippen LogP contribution in [0.2, 0.25) is 0 Å². The minimum atomic E-state index is -0.554. The van der Waals surface area contributed by atoms with Gasteiger partial charge < -0.3 is 0 Å². The monoisotopic (exact) mass is 230 g/mol. The molecule has 1 aliphatic rings. The average Bonchev–Trinajstić information content (AvgIpc) is 2.73. The summed E-state index contributed by atoms with van der Waals surface area (Å²) >= 11 is 0. The summed E-state index contributed by atoms with van der Waals surface area (Å²) in [5.41, 5.74) is 2.48. The van der Waals surface area contributed by atoms with Crippen LogP contribution >= 0.6 is 0 Å². The SMILES string of the molecule is Fc1ccc([NH+]2C=Cc3ccccc32)c(F)c1. The van der Waals surface area contributed by atoms with E-state index in [9.17, 15) is 8.78 Å². The lowest BCUT2D eigenvalue weighted by atomic mass is 10.2. The first-order chi connectivity index (χ1) is 8.25. The molecule has 0 spiro atoms. The Morgan fingerprint density at radius 3 is 2.53 bits per heavy atom. The third kappa shape index (κ3) is 1.65. The van der Waals surface area contributed by atoms with Gasteiger partial charge in [0.25, 0.3) is 0 Å². The van der Waals surface area contributed by atoms with Crippen LogP contribution in [-0.2, 0) is 0 Å². The summed E-state index contributed by atoms with van der Waals surface area (Å²) in [5.74, 6) is -1.08. The van der Waals surface area contributed by atoms with E-state index >= 15 is 0 Å². The van der Waals surface area contributed by atoms with Crippen molar-refractivity contribution in [2.24, 2.45) is 0 Å². The highest BCUT2D eigenvalue weighted by Gasteiger charge is 2.24. The number of rotatable bonds is 1. The lowest BCUT2D eigenvalue weighted by Crippen LogP contribution is -2.96. The molecule has 0 amide bonds. The van der Waals surface area contributed by atoms with Gasteiger partial charge in [0.15, 0.2) is 11.5 Å². The van der Waals surface area contributed by atoms with Crippen molar-refractivity contribution in [3.63, 3.8) is 0 Å². The van der Waals surface area contributed by atoms with Crippen LogP contribution in [0, 0.1) is 11.6 Å². The Morgan fingerprint density at radius 1 is 0.882 bits per heavy atom. The summed E-state index contributed by atoms with van der Waals surface area (Å²) in [6.45, 7) is 0. The van der Waals surface area contributed by atoms with E-state index in [-0.39, 0.29) is 0 Å². The lowest BCUT2D eigenvalue weighted by molar-refractivity contribution is -0.695. The average molecular weight is 230 g/mol. The normalized spacial score (nSPS) is 17.2. The Kier molecular flexibility index (Phi) is 2.27. The van der Waals surface area contributed by atoms with Crippen LogP contribution in [0.5, 0.6) is 0 Å². The molecule has 17 heavy (non-hydrogen) atoms. The maximum atomic E-state index is 13.7. The van der Waals surface area contributed by atoms with Crippen LogP contribution in [0.3, 0.4) is 0 Å². The molecule has 1 N–H and O–H groups in total. The predicted molar refractivity (Wildman–Crippen MR) is 62.1 cm³/mol. The van der Waals surface area contributed by atoms with Crippen LogP contribution in [0.25, 0.3) is 6.08 Å². The largest absolute Gasteiger partial charge is 0.241 e. The third-order valence-electron chi connectivity index (χ3n) is 2.90. The first kappa shape index (κ1) is 10.2. The van der Waals surface area contributed by atoms with Gasteiger partial charge in [-0.2, -0.15) is 0 Å². The zero-order chi connectivity index (χ0) is 11.8. The van der Waals surface area contributed by atoms with Crippen molar-refractivity contribution in [1.29, 1.82) is 0 Å². The summed E-state index contributed by atoms with van der Waals surface area (Å²) in [4.78, 5) is 0.804. The minimum absolute atomic E-state index is 0.438. The minimum Gasteiger partial charge on any atom is -0.241 e. The van der Waals surface area contributed by atoms with E-state index in [1.54, 1.807) is 0 Å². The number of benzene rings is 2. The summed E-state index contributed by atoms with van der Waals surface area (Å²) in [5, 5.41) is 0. The fraction of sp³-hybridized carbons (Fsp3) is 0. The van der Waals surface area contributed by atoms with Gasteiger partial charge in [-0.1, -0.05) is 12.1 Å². The van der Waals surface area contributed by atoms with Crippen molar-refractivity contribution in [3.8, 4) is 0 Å². The highest BCUT2D eigenvalue weighted by Crippen LogP contribution is 2.21. The molecule has 1 atom stereocenters. The highest BCUT2D eigenvalue weighted by molar-refractivity contribution is 5.65.